The maximum Gasteiger partial charge on any atom is 0.275 e. The molecule has 2 aromatic rings. The van der Waals surface area contributed by atoms with Gasteiger partial charge in [0.15, 0.2) is 0 Å². The number of nitrogens with zero attached hydrogens (tertiary/aromatic N) is 1. The molecule has 5 heteroatoms. The lowest BCUT2D eigenvalue weighted by Gasteiger charge is -2.24. The Hall–Kier alpha value is -1.85. The fraction of sp³-hybridized carbons (Fsp3) is 0.312. The average molecular weight is 301 g/mol. The lowest BCUT2D eigenvalue weighted by Crippen LogP contribution is -2.29. The van der Waals surface area contributed by atoms with E-state index in [9.17, 15) is 4.79 Å². The monoisotopic (exact) mass is 301 g/mol. The van der Waals surface area contributed by atoms with Crippen molar-refractivity contribution in [3.63, 3.8) is 0 Å². The highest BCUT2D eigenvalue weighted by Crippen LogP contribution is 2.34. The molecule has 0 saturated heterocycles. The molecule has 3 N–H and O–H groups in total. The van der Waals surface area contributed by atoms with Crippen LogP contribution in [-0.4, -0.2) is 11.9 Å². The number of hydrazine groups is 1. The van der Waals surface area contributed by atoms with E-state index < -0.39 is 0 Å². The first-order valence-corrected chi connectivity index (χ1v) is 7.86. The number of aryl methyl sites for hydroxylation is 1. The minimum atomic E-state index is -0.218. The molecule has 2 heterocycles. The molecule has 3 rings (SSSR count). The topological polar surface area (TPSA) is 58.4 Å². The van der Waals surface area contributed by atoms with Gasteiger partial charge >= 0.3 is 0 Å². The van der Waals surface area contributed by atoms with Gasteiger partial charge in [0.1, 0.15) is 0 Å². The second kappa shape index (κ2) is 5.50. The van der Waals surface area contributed by atoms with Crippen LogP contribution in [0.25, 0.3) is 0 Å². The van der Waals surface area contributed by atoms with Gasteiger partial charge in [-0.05, 0) is 43.5 Å². The maximum atomic E-state index is 11.6. The van der Waals surface area contributed by atoms with E-state index >= 15 is 0 Å². The minimum Gasteiger partial charge on any atom is -0.364 e. The number of thiophene rings is 1. The molecule has 1 atom stereocenters. The van der Waals surface area contributed by atoms with Gasteiger partial charge in [-0.25, -0.2) is 5.84 Å². The van der Waals surface area contributed by atoms with Crippen molar-refractivity contribution in [3.8, 4) is 0 Å². The number of amides is 1. The van der Waals surface area contributed by atoms with Crippen molar-refractivity contribution in [1.82, 2.24) is 5.43 Å². The molecule has 110 valence electrons. The fourth-order valence-corrected chi connectivity index (χ4v) is 3.85. The Labute approximate surface area is 128 Å². The van der Waals surface area contributed by atoms with Gasteiger partial charge in [-0.3, -0.25) is 10.2 Å². The Bertz CT molecular complexity index is 680. The first-order chi connectivity index (χ1) is 10.1. The van der Waals surface area contributed by atoms with Crippen molar-refractivity contribution in [2.75, 3.05) is 4.90 Å². The second-order valence-corrected chi connectivity index (χ2v) is 6.73. The van der Waals surface area contributed by atoms with Crippen molar-refractivity contribution in [2.45, 2.75) is 32.9 Å². The Kier molecular flexibility index (Phi) is 3.69. The number of nitrogens with one attached hydrogen (secondary N) is 1. The molecule has 0 bridgehead atoms. The van der Waals surface area contributed by atoms with Gasteiger partial charge in [-0.1, -0.05) is 18.2 Å². The van der Waals surface area contributed by atoms with Gasteiger partial charge in [0.05, 0.1) is 4.88 Å². The van der Waals surface area contributed by atoms with Crippen LogP contribution < -0.4 is 16.2 Å². The Morgan fingerprint density at radius 2 is 2.24 bits per heavy atom. The molecular weight excluding hydrogens is 282 g/mol. The molecule has 1 aliphatic rings. The van der Waals surface area contributed by atoms with Crippen LogP contribution in [0.15, 0.2) is 30.3 Å². The van der Waals surface area contributed by atoms with Gasteiger partial charge in [0.25, 0.3) is 5.91 Å². The average Bonchev–Trinajstić information content (AvgIpc) is 3.00. The van der Waals surface area contributed by atoms with E-state index in [0.29, 0.717) is 10.9 Å². The van der Waals surface area contributed by atoms with Crippen LogP contribution in [0, 0.1) is 6.92 Å². The minimum absolute atomic E-state index is 0.218. The lowest BCUT2D eigenvalue weighted by atomic mass is 10.1. The third kappa shape index (κ3) is 2.54. The van der Waals surface area contributed by atoms with E-state index in [4.69, 9.17) is 5.84 Å². The summed E-state index contributed by atoms with van der Waals surface area (Å²) in [7, 11) is 0. The maximum absolute atomic E-state index is 11.6. The molecule has 4 nitrogen and oxygen atoms in total. The van der Waals surface area contributed by atoms with E-state index in [2.05, 4.69) is 48.4 Å². The molecule has 0 aliphatic carbocycles. The molecule has 1 aromatic heterocycles. The molecule has 0 radical (unpaired) electrons. The van der Waals surface area contributed by atoms with Crippen molar-refractivity contribution >= 4 is 22.9 Å². The Balaban J connectivity index is 1.87. The molecule has 1 aliphatic heterocycles. The van der Waals surface area contributed by atoms with Gasteiger partial charge in [-0.15, -0.1) is 11.3 Å². The fourth-order valence-electron chi connectivity index (χ4n) is 2.91. The Morgan fingerprint density at radius 3 is 3.00 bits per heavy atom. The van der Waals surface area contributed by atoms with Crippen LogP contribution >= 0.6 is 11.3 Å². The van der Waals surface area contributed by atoms with E-state index in [-0.39, 0.29) is 5.91 Å². The van der Waals surface area contributed by atoms with E-state index in [1.807, 2.05) is 6.07 Å². The molecule has 1 amide bonds. The summed E-state index contributed by atoms with van der Waals surface area (Å²) in [4.78, 5) is 15.9. The number of anilines is 1. The first-order valence-electron chi connectivity index (χ1n) is 7.05. The zero-order valence-corrected chi connectivity index (χ0v) is 13.0. The van der Waals surface area contributed by atoms with Crippen LogP contribution in [-0.2, 0) is 13.0 Å². The second-order valence-electron chi connectivity index (χ2n) is 5.48. The zero-order valence-electron chi connectivity index (χ0n) is 12.2. The van der Waals surface area contributed by atoms with Crippen LogP contribution in [0.2, 0.25) is 0 Å². The molecule has 1 unspecified atom stereocenters. The first kappa shape index (κ1) is 14.1. The molecule has 21 heavy (non-hydrogen) atoms. The number of rotatable bonds is 3. The molecular formula is C16H19N3OS. The molecule has 0 saturated carbocycles. The van der Waals surface area contributed by atoms with Crippen molar-refractivity contribution in [3.05, 3.63) is 51.2 Å². The smallest absolute Gasteiger partial charge is 0.275 e. The van der Waals surface area contributed by atoms with Crippen molar-refractivity contribution < 1.29 is 4.79 Å². The number of nitrogen functional groups attached to an aromatic ring is 1. The van der Waals surface area contributed by atoms with Gasteiger partial charge in [0, 0.05) is 23.2 Å². The summed E-state index contributed by atoms with van der Waals surface area (Å²) < 4.78 is 0. The standard InChI is InChI=1S/C16H19N3OS/c1-10-7-12-5-3-4-6-14(12)19(10)9-13-8-15(16(20)18-17)21-11(13)2/h3-6,8,10H,7,9,17H2,1-2H3,(H,18,20). The summed E-state index contributed by atoms with van der Waals surface area (Å²) in [6.07, 6.45) is 1.08. The molecule has 0 fully saturated rings. The van der Waals surface area contributed by atoms with Crippen LogP contribution in [0.1, 0.15) is 32.6 Å². The number of para-hydroxylation sites is 1. The highest BCUT2D eigenvalue weighted by molar-refractivity contribution is 7.14. The van der Waals surface area contributed by atoms with Crippen LogP contribution in [0.3, 0.4) is 0 Å². The summed E-state index contributed by atoms with van der Waals surface area (Å²) in [5.41, 5.74) is 6.10. The number of carbonyl (C=O) groups excluding carboxylic acids is 1. The number of carbonyl (C=O) groups is 1. The highest BCUT2D eigenvalue weighted by atomic mass is 32.1. The number of hydrogen-bond donors (Lipinski definition) is 2. The van der Waals surface area contributed by atoms with Gasteiger partial charge in [0.2, 0.25) is 0 Å². The third-order valence-corrected chi connectivity index (χ3v) is 5.16. The van der Waals surface area contributed by atoms with E-state index in [0.717, 1.165) is 13.0 Å². The lowest BCUT2D eigenvalue weighted by molar-refractivity contribution is 0.0957. The number of hydrogen-bond acceptors (Lipinski definition) is 4. The van der Waals surface area contributed by atoms with E-state index in [1.165, 1.54) is 33.0 Å². The molecule has 1 aromatic carbocycles. The zero-order chi connectivity index (χ0) is 15.0. The number of fused-ring (bicyclic) bond motifs is 1. The van der Waals surface area contributed by atoms with Crippen LogP contribution in [0.5, 0.6) is 0 Å². The summed E-state index contributed by atoms with van der Waals surface area (Å²) in [5, 5.41) is 0. The highest BCUT2D eigenvalue weighted by Gasteiger charge is 2.26. The summed E-state index contributed by atoms with van der Waals surface area (Å²) in [6, 6.07) is 11.0. The van der Waals surface area contributed by atoms with Gasteiger partial charge in [-0.2, -0.15) is 0 Å². The third-order valence-electron chi connectivity index (χ3n) is 4.06. The number of benzene rings is 1. The Morgan fingerprint density at radius 1 is 1.48 bits per heavy atom. The van der Waals surface area contributed by atoms with Crippen molar-refractivity contribution in [1.29, 1.82) is 0 Å². The predicted molar refractivity (Wildman–Crippen MR) is 86.5 cm³/mol. The molecule has 0 spiro atoms. The summed E-state index contributed by atoms with van der Waals surface area (Å²) in [6.45, 7) is 5.13. The van der Waals surface area contributed by atoms with Crippen molar-refractivity contribution in [2.24, 2.45) is 5.84 Å². The SMILES string of the molecule is Cc1sc(C(=O)NN)cc1CN1c2ccccc2CC1C. The summed E-state index contributed by atoms with van der Waals surface area (Å²) in [5.74, 6) is 4.99. The summed E-state index contributed by atoms with van der Waals surface area (Å²) >= 11 is 1.49. The van der Waals surface area contributed by atoms with E-state index in [1.54, 1.807) is 0 Å². The largest absolute Gasteiger partial charge is 0.364 e. The van der Waals surface area contributed by atoms with Crippen LogP contribution in [0.4, 0.5) is 5.69 Å². The normalized spacial score (nSPS) is 16.9. The number of nitrogens with two attached hydrogens (primary N) is 1. The quantitative estimate of drug-likeness (QED) is 0.520. The predicted octanol–water partition coefficient (Wildman–Crippen LogP) is 2.61. The van der Waals surface area contributed by atoms with Gasteiger partial charge < -0.3 is 4.90 Å².